The number of rotatable bonds is 6. The quantitative estimate of drug-likeness (QED) is 0.214. The summed E-state index contributed by atoms with van der Waals surface area (Å²) in [5, 5.41) is -0.529. The van der Waals surface area contributed by atoms with E-state index in [1.165, 1.54) is 0 Å². The summed E-state index contributed by atoms with van der Waals surface area (Å²) < 4.78 is 155. The minimum atomic E-state index is -4.35. The average molecular weight is 713 g/mol. The molecule has 0 aromatic carbocycles. The molecule has 8 aliphatic rings. The van der Waals surface area contributed by atoms with Crippen LogP contribution in [-0.4, -0.2) is 87.6 Å². The molecule has 0 amide bonds. The van der Waals surface area contributed by atoms with Crippen molar-refractivity contribution in [2.45, 2.75) is 99.6 Å². The van der Waals surface area contributed by atoms with Crippen LogP contribution in [0, 0.1) is 40.9 Å². The lowest BCUT2D eigenvalue weighted by Gasteiger charge is -2.62. The van der Waals surface area contributed by atoms with Gasteiger partial charge in [0.1, 0.15) is 13.2 Å². The molecule has 2 saturated heterocycles. The van der Waals surface area contributed by atoms with Crippen LogP contribution in [0.3, 0.4) is 0 Å². The monoisotopic (exact) mass is 712 g/mol. The van der Waals surface area contributed by atoms with Crippen molar-refractivity contribution in [2.75, 3.05) is 26.4 Å². The first-order valence-corrected chi connectivity index (χ1v) is 17.0. The molecule has 2 aliphatic heterocycles. The number of fused-ring (bicyclic) bond motifs is 1. The summed E-state index contributed by atoms with van der Waals surface area (Å²) >= 11 is 0. The maximum atomic E-state index is 13.8. The molecule has 6 saturated carbocycles. The minimum absolute atomic E-state index is 0.0503. The largest absolute Gasteiger partial charge is 0.459 e. The number of ether oxygens (including phenoxy) is 4. The molecule has 1 spiro atoms. The molecule has 8 rings (SSSR count). The van der Waals surface area contributed by atoms with E-state index in [0.717, 1.165) is 0 Å². The van der Waals surface area contributed by atoms with Gasteiger partial charge in [-0.15, -0.1) is 0 Å². The molecule has 8 fully saturated rings. The zero-order valence-corrected chi connectivity index (χ0v) is 26.3. The summed E-state index contributed by atoms with van der Waals surface area (Å²) in [6.45, 7) is -3.64. The van der Waals surface area contributed by atoms with E-state index in [0.29, 0.717) is 46.0 Å². The molecule has 2 heterocycles. The van der Waals surface area contributed by atoms with Crippen LogP contribution in [0.25, 0.3) is 0 Å². The number of esters is 2. The van der Waals surface area contributed by atoms with Gasteiger partial charge in [0.2, 0.25) is 0 Å². The average Bonchev–Trinajstić information content (AvgIpc) is 3.54. The highest BCUT2D eigenvalue weighted by Gasteiger charge is 2.71. The van der Waals surface area contributed by atoms with E-state index in [4.69, 9.17) is 18.4 Å². The van der Waals surface area contributed by atoms with Gasteiger partial charge in [-0.1, -0.05) is 0 Å². The van der Waals surface area contributed by atoms with Gasteiger partial charge in [-0.3, -0.25) is 13.8 Å². The number of alkyl halides is 8. The van der Waals surface area contributed by atoms with E-state index < -0.39 is 112 Å². The molecule has 0 aromatic rings. The molecule has 268 valence electrons. The second-order valence-corrected chi connectivity index (χ2v) is 16.5. The van der Waals surface area contributed by atoms with Crippen LogP contribution in [0.5, 0.6) is 0 Å². The lowest BCUT2D eigenvalue weighted by Crippen LogP contribution is -2.65. The number of hydrogen-bond acceptors (Lipinski definition) is 9. The Kier molecular flexibility index (Phi) is 8.28. The Morgan fingerprint density at radius 2 is 1.34 bits per heavy atom. The standard InChI is InChI=1S/C18H22F6O4.C11H14F2O5S/c1-14(19,20)7-26-13(25)15-4-10-2-11(5-15)18(12(3-10)6-15)27-8-16(21,22)17(23,24)9-28-18;1-11(12,13)4-17-10(14)8-5-2-6-7(3-5)19(15,16)18-9(6)8/h10-12H,2-9H2,1H3;5-9H,2-4H2,1H3. The molecule has 18 heteroatoms. The first kappa shape index (κ1) is 35.1. The maximum absolute atomic E-state index is 13.8. The van der Waals surface area contributed by atoms with Gasteiger partial charge in [0.05, 0.1) is 22.7 Å². The summed E-state index contributed by atoms with van der Waals surface area (Å²) in [6, 6.07) is 0. The summed E-state index contributed by atoms with van der Waals surface area (Å²) in [5.41, 5.74) is -1.02. The van der Waals surface area contributed by atoms with E-state index in [1.807, 2.05) is 0 Å². The summed E-state index contributed by atoms with van der Waals surface area (Å²) in [5.74, 6) is -20.1. The third-order valence-corrected chi connectivity index (χ3v) is 12.7. The van der Waals surface area contributed by atoms with Crippen LogP contribution in [0.2, 0.25) is 0 Å². The molecule has 47 heavy (non-hydrogen) atoms. The lowest BCUT2D eigenvalue weighted by atomic mass is 9.47. The van der Waals surface area contributed by atoms with Crippen LogP contribution in [-0.2, 0) is 42.8 Å². The van der Waals surface area contributed by atoms with Gasteiger partial charge in [-0.2, -0.15) is 26.0 Å². The van der Waals surface area contributed by atoms with Crippen LogP contribution in [0.1, 0.15) is 58.8 Å². The zero-order chi connectivity index (χ0) is 34.6. The predicted octanol–water partition coefficient (Wildman–Crippen LogP) is 4.96. The molecule has 0 radical (unpaired) electrons. The van der Waals surface area contributed by atoms with Crippen molar-refractivity contribution in [3.63, 3.8) is 0 Å². The first-order chi connectivity index (χ1) is 21.5. The van der Waals surface area contributed by atoms with Crippen LogP contribution >= 0.6 is 0 Å². The Bertz CT molecular complexity index is 1340. The molecular weight excluding hydrogens is 676 g/mol. The molecule has 0 aromatic heterocycles. The number of carbonyl (C=O) groups is 2. The smallest absolute Gasteiger partial charge is 0.335 e. The molecular formula is C29H36F8O9S. The number of carbonyl (C=O) groups excluding carboxylic acids is 2. The molecule has 6 aliphatic carbocycles. The maximum Gasteiger partial charge on any atom is 0.335 e. The van der Waals surface area contributed by atoms with Gasteiger partial charge >= 0.3 is 23.8 Å². The van der Waals surface area contributed by atoms with E-state index in [2.05, 4.69) is 4.74 Å². The van der Waals surface area contributed by atoms with Crippen LogP contribution < -0.4 is 0 Å². The van der Waals surface area contributed by atoms with Gasteiger partial charge in [-0.25, -0.2) is 17.6 Å². The second-order valence-electron chi connectivity index (χ2n) is 14.7. The SMILES string of the molecule is CC(F)(F)COC(=O)C12CC3CC(C1)C1(OCC(F)(F)C(F)(F)CO1)C(C3)C2.CC(F)(F)COC(=O)C1C2CC3C1OS(=O)(=O)C3C2. The third-order valence-electron chi connectivity index (χ3n) is 10.9. The van der Waals surface area contributed by atoms with Crippen LogP contribution in [0.15, 0.2) is 0 Å². The summed E-state index contributed by atoms with van der Waals surface area (Å²) in [7, 11) is -3.60. The highest BCUT2D eigenvalue weighted by atomic mass is 32.2. The van der Waals surface area contributed by atoms with Crippen LogP contribution in [0.4, 0.5) is 35.1 Å². The van der Waals surface area contributed by atoms with Crippen molar-refractivity contribution in [3.8, 4) is 0 Å². The Balaban J connectivity index is 0.000000177. The molecule has 7 atom stereocenters. The molecule has 9 nitrogen and oxygen atoms in total. The van der Waals surface area contributed by atoms with Crippen molar-refractivity contribution in [3.05, 3.63) is 0 Å². The Hall–Kier alpha value is -1.79. The van der Waals surface area contributed by atoms with Crippen molar-refractivity contribution in [2.24, 2.45) is 40.9 Å². The van der Waals surface area contributed by atoms with Gasteiger partial charge in [0, 0.05) is 31.6 Å². The topological polar surface area (TPSA) is 114 Å². The number of halogens is 8. The zero-order valence-electron chi connectivity index (χ0n) is 25.5. The van der Waals surface area contributed by atoms with Crippen molar-refractivity contribution < 1.29 is 76.3 Å². The summed E-state index contributed by atoms with van der Waals surface area (Å²) in [4.78, 5) is 24.5. The highest BCUT2D eigenvalue weighted by Crippen LogP contribution is 2.66. The van der Waals surface area contributed by atoms with Gasteiger partial charge in [-0.05, 0) is 56.8 Å². The summed E-state index contributed by atoms with van der Waals surface area (Å²) in [6.07, 6.45) is 1.95. The van der Waals surface area contributed by atoms with E-state index in [-0.39, 0.29) is 30.6 Å². The molecule has 0 N–H and O–H groups in total. The Morgan fingerprint density at radius 1 is 0.809 bits per heavy atom. The van der Waals surface area contributed by atoms with Gasteiger partial charge < -0.3 is 18.9 Å². The first-order valence-electron chi connectivity index (χ1n) is 15.5. The minimum Gasteiger partial charge on any atom is -0.459 e. The van der Waals surface area contributed by atoms with Crippen molar-refractivity contribution in [1.82, 2.24) is 0 Å². The third kappa shape index (κ3) is 6.15. The Labute approximate surface area is 265 Å². The highest BCUT2D eigenvalue weighted by molar-refractivity contribution is 7.87. The normalized spacial score (nSPS) is 41.2. The molecule has 7 unspecified atom stereocenters. The van der Waals surface area contributed by atoms with E-state index in [1.54, 1.807) is 0 Å². The fraction of sp³-hybridized carbons (Fsp3) is 0.931. The van der Waals surface area contributed by atoms with Crippen molar-refractivity contribution >= 4 is 22.1 Å². The number of hydrogen-bond donors (Lipinski definition) is 0. The lowest BCUT2D eigenvalue weighted by molar-refractivity contribution is -0.346. The van der Waals surface area contributed by atoms with E-state index >= 15 is 0 Å². The van der Waals surface area contributed by atoms with Gasteiger partial charge in [0.15, 0.2) is 19.0 Å². The molecule has 6 bridgehead atoms. The van der Waals surface area contributed by atoms with Gasteiger partial charge in [0.25, 0.3) is 22.0 Å². The second kappa shape index (κ2) is 11.1. The van der Waals surface area contributed by atoms with E-state index in [9.17, 15) is 53.1 Å². The fourth-order valence-corrected chi connectivity index (χ4v) is 11.1. The Morgan fingerprint density at radius 3 is 1.87 bits per heavy atom. The fourth-order valence-electron chi connectivity index (χ4n) is 9.21. The van der Waals surface area contributed by atoms with Crippen molar-refractivity contribution in [1.29, 1.82) is 0 Å². The predicted molar refractivity (Wildman–Crippen MR) is 141 cm³/mol.